The molecule has 0 atom stereocenters. The first-order valence-corrected chi connectivity index (χ1v) is 4.24. The van der Waals surface area contributed by atoms with Gasteiger partial charge in [-0.05, 0) is 6.07 Å². The quantitative estimate of drug-likeness (QED) is 0.609. The van der Waals surface area contributed by atoms with E-state index in [0.717, 1.165) is 5.69 Å². The van der Waals surface area contributed by atoms with Gasteiger partial charge < -0.3 is 0 Å². The first-order valence-electron chi connectivity index (χ1n) is 4.24. The fourth-order valence-electron chi connectivity index (χ4n) is 1.13. The summed E-state index contributed by atoms with van der Waals surface area (Å²) in [5, 5.41) is 3.98. The second-order valence-corrected chi connectivity index (χ2v) is 4.07. The monoisotopic (exact) mass is 176 g/mol. The van der Waals surface area contributed by atoms with Crippen molar-refractivity contribution < 1.29 is 0 Å². The molecule has 0 aromatic carbocycles. The molecule has 0 aliphatic heterocycles. The Morgan fingerprint density at radius 2 is 2.08 bits per heavy atom. The van der Waals surface area contributed by atoms with Gasteiger partial charge in [0.15, 0.2) is 0 Å². The average molecular weight is 176 g/mol. The fraction of sp³-hybridized carbons (Fsp3) is 0.444. The van der Waals surface area contributed by atoms with Gasteiger partial charge in [-0.1, -0.05) is 20.8 Å². The Labute approximate surface area is 76.6 Å². The van der Waals surface area contributed by atoms with Gasteiger partial charge in [-0.2, -0.15) is 10.1 Å². The van der Waals surface area contributed by atoms with Gasteiger partial charge in [-0.25, -0.2) is 9.50 Å². The van der Waals surface area contributed by atoms with E-state index in [1.165, 1.54) is 6.33 Å². The summed E-state index contributed by atoms with van der Waals surface area (Å²) >= 11 is 0. The molecule has 0 amide bonds. The number of hydrogen-bond donors (Lipinski definition) is 0. The van der Waals surface area contributed by atoms with Crippen molar-refractivity contribution in [1.82, 2.24) is 19.6 Å². The SMILES string of the molecule is CC(C)(C)c1ccn2ncnc2n1. The largest absolute Gasteiger partial charge is 0.252 e. The van der Waals surface area contributed by atoms with E-state index in [0.29, 0.717) is 5.78 Å². The lowest BCUT2D eigenvalue weighted by molar-refractivity contribution is 0.567. The highest BCUT2D eigenvalue weighted by Gasteiger charge is 2.15. The van der Waals surface area contributed by atoms with Gasteiger partial charge in [-0.3, -0.25) is 0 Å². The Bertz CT molecular complexity index is 424. The molecule has 0 aliphatic rings. The highest BCUT2D eigenvalue weighted by Crippen LogP contribution is 2.19. The summed E-state index contributed by atoms with van der Waals surface area (Å²) < 4.78 is 1.66. The molecular formula is C9H12N4. The van der Waals surface area contributed by atoms with E-state index in [2.05, 4.69) is 35.8 Å². The zero-order chi connectivity index (χ0) is 9.47. The second kappa shape index (κ2) is 2.52. The molecule has 2 aromatic heterocycles. The standard InChI is InChI=1S/C9H12N4/c1-9(2,3)7-4-5-13-8(12-7)10-6-11-13/h4-6H,1-3H3. The molecule has 4 nitrogen and oxygen atoms in total. The van der Waals surface area contributed by atoms with Crippen LogP contribution in [0.1, 0.15) is 26.5 Å². The van der Waals surface area contributed by atoms with E-state index in [1.807, 2.05) is 12.3 Å². The summed E-state index contributed by atoms with van der Waals surface area (Å²) in [6.45, 7) is 6.38. The minimum atomic E-state index is 0.0632. The molecule has 0 saturated heterocycles. The molecular weight excluding hydrogens is 164 g/mol. The van der Waals surface area contributed by atoms with E-state index in [1.54, 1.807) is 4.52 Å². The highest BCUT2D eigenvalue weighted by atomic mass is 15.3. The van der Waals surface area contributed by atoms with Crippen LogP contribution in [-0.4, -0.2) is 19.6 Å². The lowest BCUT2D eigenvalue weighted by Gasteiger charge is -2.16. The number of rotatable bonds is 0. The van der Waals surface area contributed by atoms with Crippen molar-refractivity contribution in [2.75, 3.05) is 0 Å². The Kier molecular flexibility index (Phi) is 1.58. The maximum absolute atomic E-state index is 4.40. The summed E-state index contributed by atoms with van der Waals surface area (Å²) in [6, 6.07) is 1.97. The molecule has 2 rings (SSSR count). The summed E-state index contributed by atoms with van der Waals surface area (Å²) in [7, 11) is 0. The summed E-state index contributed by atoms with van der Waals surface area (Å²) in [6.07, 6.45) is 3.39. The number of nitrogens with zero attached hydrogens (tertiary/aromatic N) is 4. The van der Waals surface area contributed by atoms with E-state index in [9.17, 15) is 0 Å². The minimum Gasteiger partial charge on any atom is -0.216 e. The van der Waals surface area contributed by atoms with Crippen LogP contribution in [-0.2, 0) is 5.41 Å². The van der Waals surface area contributed by atoms with E-state index in [4.69, 9.17) is 0 Å². The van der Waals surface area contributed by atoms with Crippen molar-refractivity contribution in [2.24, 2.45) is 0 Å². The van der Waals surface area contributed by atoms with Crippen molar-refractivity contribution in [3.05, 3.63) is 24.3 Å². The average Bonchev–Trinajstić information content (AvgIpc) is 2.47. The van der Waals surface area contributed by atoms with Crippen molar-refractivity contribution in [2.45, 2.75) is 26.2 Å². The predicted octanol–water partition coefficient (Wildman–Crippen LogP) is 1.42. The summed E-state index contributed by atoms with van der Waals surface area (Å²) in [5.41, 5.74) is 1.10. The van der Waals surface area contributed by atoms with Crippen molar-refractivity contribution in [1.29, 1.82) is 0 Å². The van der Waals surface area contributed by atoms with Crippen LogP contribution < -0.4 is 0 Å². The molecule has 0 fully saturated rings. The van der Waals surface area contributed by atoms with Crippen LogP contribution in [0.2, 0.25) is 0 Å². The third kappa shape index (κ3) is 1.39. The number of aromatic nitrogens is 4. The molecule has 2 heterocycles. The van der Waals surface area contributed by atoms with Crippen LogP contribution in [0.3, 0.4) is 0 Å². The number of fused-ring (bicyclic) bond motifs is 1. The molecule has 13 heavy (non-hydrogen) atoms. The van der Waals surface area contributed by atoms with Gasteiger partial charge in [0.25, 0.3) is 5.78 Å². The Morgan fingerprint density at radius 1 is 1.31 bits per heavy atom. The third-order valence-corrected chi connectivity index (χ3v) is 1.92. The van der Waals surface area contributed by atoms with Gasteiger partial charge in [0.05, 0.1) is 5.69 Å². The summed E-state index contributed by atoms with van der Waals surface area (Å²) in [4.78, 5) is 8.43. The van der Waals surface area contributed by atoms with E-state index in [-0.39, 0.29) is 5.41 Å². The maximum atomic E-state index is 4.40. The normalized spacial score (nSPS) is 12.2. The summed E-state index contributed by atoms with van der Waals surface area (Å²) in [5.74, 6) is 0.660. The molecule has 0 aliphatic carbocycles. The molecule has 0 radical (unpaired) electrons. The fourth-order valence-corrected chi connectivity index (χ4v) is 1.13. The van der Waals surface area contributed by atoms with Gasteiger partial charge in [0.2, 0.25) is 0 Å². The zero-order valence-corrected chi connectivity index (χ0v) is 8.02. The van der Waals surface area contributed by atoms with Gasteiger partial charge >= 0.3 is 0 Å². The molecule has 68 valence electrons. The van der Waals surface area contributed by atoms with E-state index < -0.39 is 0 Å². The molecule has 0 spiro atoms. The van der Waals surface area contributed by atoms with Crippen molar-refractivity contribution in [3.63, 3.8) is 0 Å². The minimum absolute atomic E-state index is 0.0632. The first kappa shape index (κ1) is 8.16. The Balaban J connectivity index is 2.61. The Hall–Kier alpha value is -1.45. The molecule has 0 saturated carbocycles. The smallest absolute Gasteiger partial charge is 0.216 e. The maximum Gasteiger partial charge on any atom is 0.252 e. The van der Waals surface area contributed by atoms with Gasteiger partial charge in [-0.15, -0.1) is 0 Å². The molecule has 0 bridgehead atoms. The van der Waals surface area contributed by atoms with Crippen molar-refractivity contribution in [3.8, 4) is 0 Å². The van der Waals surface area contributed by atoms with Gasteiger partial charge in [0, 0.05) is 11.6 Å². The van der Waals surface area contributed by atoms with Gasteiger partial charge in [0.1, 0.15) is 6.33 Å². The first-order chi connectivity index (χ1) is 6.07. The van der Waals surface area contributed by atoms with Crippen LogP contribution in [0.4, 0.5) is 0 Å². The van der Waals surface area contributed by atoms with Crippen LogP contribution >= 0.6 is 0 Å². The van der Waals surface area contributed by atoms with E-state index >= 15 is 0 Å². The number of hydrogen-bond acceptors (Lipinski definition) is 3. The second-order valence-electron chi connectivity index (χ2n) is 4.07. The highest BCUT2D eigenvalue weighted by molar-refractivity contribution is 5.28. The lowest BCUT2D eigenvalue weighted by atomic mass is 9.92. The molecule has 2 aromatic rings. The van der Waals surface area contributed by atoms with Crippen LogP contribution in [0.15, 0.2) is 18.6 Å². The molecule has 4 heteroatoms. The Morgan fingerprint density at radius 3 is 2.77 bits per heavy atom. The third-order valence-electron chi connectivity index (χ3n) is 1.92. The van der Waals surface area contributed by atoms with Crippen molar-refractivity contribution >= 4 is 5.78 Å². The van der Waals surface area contributed by atoms with Crippen LogP contribution in [0.5, 0.6) is 0 Å². The topological polar surface area (TPSA) is 43.1 Å². The lowest BCUT2D eigenvalue weighted by Crippen LogP contribution is -2.14. The molecule has 0 unspecified atom stereocenters. The van der Waals surface area contributed by atoms with Crippen LogP contribution in [0.25, 0.3) is 5.78 Å². The molecule has 0 N–H and O–H groups in total. The predicted molar refractivity (Wildman–Crippen MR) is 49.5 cm³/mol. The van der Waals surface area contributed by atoms with Crippen LogP contribution in [0, 0.1) is 0 Å². The zero-order valence-electron chi connectivity index (χ0n) is 8.02.